The molecule has 22 heavy (non-hydrogen) atoms. The van der Waals surface area contributed by atoms with Gasteiger partial charge in [0, 0.05) is 18.0 Å². The summed E-state index contributed by atoms with van der Waals surface area (Å²) in [4.78, 5) is 22.9. The van der Waals surface area contributed by atoms with E-state index >= 15 is 0 Å². The molecule has 0 spiro atoms. The quantitative estimate of drug-likeness (QED) is 0.877. The van der Waals surface area contributed by atoms with Gasteiger partial charge in [-0.2, -0.15) is 4.98 Å². The molecule has 1 N–H and O–H groups in total. The number of likely N-dealkylation sites (tertiary alicyclic amines) is 1. The van der Waals surface area contributed by atoms with Crippen molar-refractivity contribution in [3.05, 3.63) is 23.3 Å². The molecule has 1 aliphatic rings. The SMILES string of the molecule is CCCc1nc(CN2CCCC2C(=O)Nc2nccs2)no1. The van der Waals surface area contributed by atoms with E-state index in [1.165, 1.54) is 11.3 Å². The predicted octanol–water partition coefficient (Wildman–Crippen LogP) is 2.08. The molecule has 118 valence electrons. The fraction of sp³-hybridized carbons (Fsp3) is 0.571. The zero-order valence-electron chi connectivity index (χ0n) is 12.5. The van der Waals surface area contributed by atoms with Gasteiger partial charge in [0.1, 0.15) is 0 Å². The number of nitrogens with zero attached hydrogens (tertiary/aromatic N) is 4. The fourth-order valence-corrected chi connectivity index (χ4v) is 3.17. The molecule has 1 fully saturated rings. The van der Waals surface area contributed by atoms with Gasteiger partial charge in [0.25, 0.3) is 0 Å². The second kappa shape index (κ2) is 6.97. The minimum atomic E-state index is -0.156. The number of aromatic nitrogens is 3. The van der Waals surface area contributed by atoms with E-state index in [0.29, 0.717) is 23.4 Å². The number of anilines is 1. The number of hydrogen-bond acceptors (Lipinski definition) is 7. The Hall–Kier alpha value is -1.80. The summed E-state index contributed by atoms with van der Waals surface area (Å²) in [5.74, 6) is 1.31. The molecule has 0 radical (unpaired) electrons. The largest absolute Gasteiger partial charge is 0.339 e. The van der Waals surface area contributed by atoms with E-state index < -0.39 is 0 Å². The fourth-order valence-electron chi connectivity index (χ4n) is 2.64. The van der Waals surface area contributed by atoms with Gasteiger partial charge in [-0.15, -0.1) is 11.3 Å². The summed E-state index contributed by atoms with van der Waals surface area (Å²) >= 11 is 1.42. The van der Waals surface area contributed by atoms with Gasteiger partial charge in [0.2, 0.25) is 11.8 Å². The first-order valence-electron chi connectivity index (χ1n) is 7.52. The van der Waals surface area contributed by atoms with Crippen molar-refractivity contribution in [1.82, 2.24) is 20.0 Å². The number of carbonyl (C=O) groups is 1. The van der Waals surface area contributed by atoms with Crippen LogP contribution in [0.15, 0.2) is 16.1 Å². The minimum absolute atomic E-state index is 0.00951. The third kappa shape index (κ3) is 3.50. The Labute approximate surface area is 132 Å². The molecule has 0 aromatic carbocycles. The van der Waals surface area contributed by atoms with Crippen molar-refractivity contribution in [2.45, 2.75) is 45.2 Å². The van der Waals surface area contributed by atoms with Crippen LogP contribution in [0.4, 0.5) is 5.13 Å². The van der Waals surface area contributed by atoms with E-state index in [0.717, 1.165) is 32.2 Å². The second-order valence-corrected chi connectivity index (χ2v) is 6.20. The molecule has 7 nitrogen and oxygen atoms in total. The Morgan fingerprint density at radius 1 is 1.59 bits per heavy atom. The zero-order valence-corrected chi connectivity index (χ0v) is 13.3. The molecule has 1 saturated heterocycles. The van der Waals surface area contributed by atoms with Crippen molar-refractivity contribution >= 4 is 22.4 Å². The van der Waals surface area contributed by atoms with Crippen molar-refractivity contribution in [1.29, 1.82) is 0 Å². The number of rotatable bonds is 6. The molecule has 1 atom stereocenters. The van der Waals surface area contributed by atoms with Crippen LogP contribution in [0.3, 0.4) is 0 Å². The monoisotopic (exact) mass is 321 g/mol. The summed E-state index contributed by atoms with van der Waals surface area (Å²) in [5, 5.41) is 9.35. The number of amides is 1. The lowest BCUT2D eigenvalue weighted by Crippen LogP contribution is -2.39. The third-order valence-electron chi connectivity index (χ3n) is 3.65. The van der Waals surface area contributed by atoms with Crippen LogP contribution in [-0.4, -0.2) is 38.5 Å². The average Bonchev–Trinajstić information content (AvgIpc) is 3.22. The first-order chi connectivity index (χ1) is 10.8. The Morgan fingerprint density at radius 3 is 3.27 bits per heavy atom. The maximum Gasteiger partial charge on any atom is 0.243 e. The van der Waals surface area contributed by atoms with Crippen LogP contribution >= 0.6 is 11.3 Å². The van der Waals surface area contributed by atoms with E-state index in [1.807, 2.05) is 5.38 Å². The first-order valence-corrected chi connectivity index (χ1v) is 8.40. The molecule has 2 aromatic heterocycles. The maximum atomic E-state index is 12.4. The van der Waals surface area contributed by atoms with E-state index in [1.54, 1.807) is 6.20 Å². The topological polar surface area (TPSA) is 84.2 Å². The molecule has 1 aliphatic heterocycles. The predicted molar refractivity (Wildman–Crippen MR) is 82.5 cm³/mol. The summed E-state index contributed by atoms with van der Waals surface area (Å²) in [7, 11) is 0. The van der Waals surface area contributed by atoms with Gasteiger partial charge < -0.3 is 9.84 Å². The molecule has 3 rings (SSSR count). The molecule has 2 aromatic rings. The van der Waals surface area contributed by atoms with Crippen molar-refractivity contribution in [3.63, 3.8) is 0 Å². The summed E-state index contributed by atoms with van der Waals surface area (Å²) in [6.45, 7) is 3.49. The minimum Gasteiger partial charge on any atom is -0.339 e. The lowest BCUT2D eigenvalue weighted by molar-refractivity contribution is -0.120. The average molecular weight is 321 g/mol. The van der Waals surface area contributed by atoms with Crippen LogP contribution in [-0.2, 0) is 17.8 Å². The number of hydrogen-bond donors (Lipinski definition) is 1. The van der Waals surface area contributed by atoms with Gasteiger partial charge >= 0.3 is 0 Å². The smallest absolute Gasteiger partial charge is 0.243 e. The standard InChI is InChI=1S/C14H19N5O2S/c1-2-4-12-16-11(18-21-12)9-19-7-3-5-10(19)13(20)17-14-15-6-8-22-14/h6,8,10H,2-5,7,9H2,1H3,(H,15,17,20). The summed E-state index contributed by atoms with van der Waals surface area (Å²) < 4.78 is 5.20. The van der Waals surface area contributed by atoms with Gasteiger partial charge in [0.05, 0.1) is 12.6 Å². The van der Waals surface area contributed by atoms with Crippen LogP contribution in [0.5, 0.6) is 0 Å². The van der Waals surface area contributed by atoms with Gasteiger partial charge in [-0.05, 0) is 25.8 Å². The Balaban J connectivity index is 1.61. The summed E-state index contributed by atoms with van der Waals surface area (Å²) in [6.07, 6.45) is 5.29. The molecule has 0 aliphatic carbocycles. The van der Waals surface area contributed by atoms with Crippen molar-refractivity contribution in [3.8, 4) is 0 Å². The van der Waals surface area contributed by atoms with E-state index in [2.05, 4.69) is 32.3 Å². The van der Waals surface area contributed by atoms with Gasteiger partial charge in [0.15, 0.2) is 11.0 Å². The van der Waals surface area contributed by atoms with E-state index in [-0.39, 0.29) is 11.9 Å². The molecular weight excluding hydrogens is 302 g/mol. The van der Waals surface area contributed by atoms with Gasteiger partial charge in [-0.3, -0.25) is 9.69 Å². The molecular formula is C14H19N5O2S. The Kier molecular flexibility index (Phi) is 4.79. The molecule has 0 bridgehead atoms. The van der Waals surface area contributed by atoms with E-state index in [4.69, 9.17) is 4.52 Å². The van der Waals surface area contributed by atoms with Crippen molar-refractivity contribution in [2.75, 3.05) is 11.9 Å². The summed E-state index contributed by atoms with van der Waals surface area (Å²) in [5.41, 5.74) is 0. The molecule has 8 heteroatoms. The second-order valence-electron chi connectivity index (χ2n) is 5.31. The van der Waals surface area contributed by atoms with Crippen molar-refractivity contribution < 1.29 is 9.32 Å². The normalized spacial score (nSPS) is 18.7. The highest BCUT2D eigenvalue weighted by Crippen LogP contribution is 2.21. The van der Waals surface area contributed by atoms with Gasteiger partial charge in [-0.25, -0.2) is 4.98 Å². The van der Waals surface area contributed by atoms with Gasteiger partial charge in [-0.1, -0.05) is 12.1 Å². The summed E-state index contributed by atoms with van der Waals surface area (Å²) in [6, 6.07) is -0.156. The number of thiazole rings is 1. The van der Waals surface area contributed by atoms with Crippen LogP contribution in [0.2, 0.25) is 0 Å². The number of nitrogens with one attached hydrogen (secondary N) is 1. The van der Waals surface area contributed by atoms with Crippen LogP contribution in [0.1, 0.15) is 37.9 Å². The van der Waals surface area contributed by atoms with Crippen LogP contribution in [0, 0.1) is 0 Å². The molecule has 3 heterocycles. The number of aryl methyl sites for hydroxylation is 1. The number of carbonyl (C=O) groups excluding carboxylic acids is 1. The lowest BCUT2D eigenvalue weighted by Gasteiger charge is -2.21. The van der Waals surface area contributed by atoms with Crippen LogP contribution in [0.25, 0.3) is 0 Å². The lowest BCUT2D eigenvalue weighted by atomic mass is 10.2. The molecule has 1 amide bonds. The maximum absolute atomic E-state index is 12.4. The zero-order chi connectivity index (χ0) is 15.4. The van der Waals surface area contributed by atoms with Crippen molar-refractivity contribution in [2.24, 2.45) is 0 Å². The molecule has 1 unspecified atom stereocenters. The molecule has 0 saturated carbocycles. The highest BCUT2D eigenvalue weighted by molar-refractivity contribution is 7.13. The third-order valence-corrected chi connectivity index (χ3v) is 4.34. The highest BCUT2D eigenvalue weighted by atomic mass is 32.1. The highest BCUT2D eigenvalue weighted by Gasteiger charge is 2.32. The Morgan fingerprint density at radius 2 is 2.50 bits per heavy atom. The van der Waals surface area contributed by atoms with E-state index in [9.17, 15) is 4.79 Å². The van der Waals surface area contributed by atoms with Crippen LogP contribution < -0.4 is 5.32 Å². The Bertz CT molecular complexity index is 613. The first kappa shape index (κ1) is 15.1.